The average molecular weight is 444 g/mol. The van der Waals surface area contributed by atoms with E-state index < -0.39 is 5.25 Å². The van der Waals surface area contributed by atoms with E-state index >= 15 is 0 Å². The van der Waals surface area contributed by atoms with Gasteiger partial charge < -0.3 is 15.5 Å². The first kappa shape index (κ1) is 20.6. The van der Waals surface area contributed by atoms with Crippen molar-refractivity contribution in [1.29, 1.82) is 0 Å². The SMILES string of the molecule is CCCc1nnc2n1N[C@@H](c1ccc(Cl)cc1)[C@@H](C(=O)Nc1ccc(OC)cc1)S2. The van der Waals surface area contributed by atoms with Crippen LogP contribution in [0.1, 0.15) is 30.8 Å². The molecule has 1 aromatic heterocycles. The molecule has 30 heavy (non-hydrogen) atoms. The van der Waals surface area contributed by atoms with Crippen molar-refractivity contribution >= 4 is 35.0 Å². The molecular weight excluding hydrogens is 422 g/mol. The van der Waals surface area contributed by atoms with Crippen LogP contribution < -0.4 is 15.5 Å². The maximum atomic E-state index is 13.2. The van der Waals surface area contributed by atoms with Crippen molar-refractivity contribution in [2.24, 2.45) is 0 Å². The van der Waals surface area contributed by atoms with Crippen molar-refractivity contribution in [1.82, 2.24) is 14.9 Å². The highest BCUT2D eigenvalue weighted by atomic mass is 35.5. The van der Waals surface area contributed by atoms with Gasteiger partial charge in [-0.15, -0.1) is 10.2 Å². The summed E-state index contributed by atoms with van der Waals surface area (Å²) in [5, 5.41) is 12.4. The third kappa shape index (κ3) is 4.24. The maximum absolute atomic E-state index is 13.2. The number of carbonyl (C=O) groups is 1. The summed E-state index contributed by atoms with van der Waals surface area (Å²) in [6.45, 7) is 2.10. The van der Waals surface area contributed by atoms with Gasteiger partial charge in [0.25, 0.3) is 0 Å². The second-order valence-corrected chi connectivity index (χ2v) is 8.44. The molecule has 2 aromatic carbocycles. The summed E-state index contributed by atoms with van der Waals surface area (Å²) in [4.78, 5) is 13.2. The molecule has 7 nitrogen and oxygen atoms in total. The van der Waals surface area contributed by atoms with E-state index in [2.05, 4.69) is 27.9 Å². The summed E-state index contributed by atoms with van der Waals surface area (Å²) in [6.07, 6.45) is 1.76. The van der Waals surface area contributed by atoms with E-state index in [0.717, 1.165) is 30.0 Å². The Morgan fingerprint density at radius 1 is 1.20 bits per heavy atom. The van der Waals surface area contributed by atoms with Gasteiger partial charge in [-0.3, -0.25) is 4.79 Å². The minimum absolute atomic E-state index is 0.121. The molecule has 156 valence electrons. The Kier molecular flexibility index (Phi) is 6.15. The number of halogens is 1. The highest BCUT2D eigenvalue weighted by molar-refractivity contribution is 8.00. The van der Waals surface area contributed by atoms with Crippen molar-refractivity contribution in [3.8, 4) is 5.75 Å². The lowest BCUT2D eigenvalue weighted by molar-refractivity contribution is -0.116. The first-order valence-electron chi connectivity index (χ1n) is 9.67. The fourth-order valence-corrected chi connectivity index (χ4v) is 4.52. The Morgan fingerprint density at radius 3 is 2.60 bits per heavy atom. The van der Waals surface area contributed by atoms with Gasteiger partial charge in [0.05, 0.1) is 13.2 Å². The molecule has 0 saturated carbocycles. The van der Waals surface area contributed by atoms with Gasteiger partial charge in [-0.1, -0.05) is 42.4 Å². The lowest BCUT2D eigenvalue weighted by Gasteiger charge is -2.33. The van der Waals surface area contributed by atoms with Crippen LogP contribution in [-0.2, 0) is 11.2 Å². The van der Waals surface area contributed by atoms with E-state index in [0.29, 0.717) is 15.9 Å². The number of nitrogens with one attached hydrogen (secondary N) is 2. The molecule has 2 heterocycles. The quantitative estimate of drug-likeness (QED) is 0.591. The summed E-state index contributed by atoms with van der Waals surface area (Å²) in [5.74, 6) is 1.47. The van der Waals surface area contributed by atoms with Crippen LogP contribution in [0.25, 0.3) is 0 Å². The number of fused-ring (bicyclic) bond motifs is 1. The summed E-state index contributed by atoms with van der Waals surface area (Å²) in [6, 6.07) is 14.5. The lowest BCUT2D eigenvalue weighted by atomic mass is 10.0. The monoisotopic (exact) mass is 443 g/mol. The van der Waals surface area contributed by atoms with E-state index in [-0.39, 0.29) is 11.9 Å². The maximum Gasteiger partial charge on any atom is 0.240 e. The van der Waals surface area contributed by atoms with E-state index in [1.165, 1.54) is 11.8 Å². The van der Waals surface area contributed by atoms with Gasteiger partial charge in [-0.25, -0.2) is 4.68 Å². The van der Waals surface area contributed by atoms with Gasteiger partial charge in [0, 0.05) is 17.1 Å². The van der Waals surface area contributed by atoms with Crippen LogP contribution in [0, 0.1) is 0 Å². The number of thioether (sulfide) groups is 1. The second-order valence-electron chi connectivity index (χ2n) is 6.90. The van der Waals surface area contributed by atoms with Gasteiger partial charge in [-0.05, 0) is 48.4 Å². The molecule has 0 spiro atoms. The van der Waals surface area contributed by atoms with Crippen LogP contribution in [-0.4, -0.2) is 33.1 Å². The predicted octanol–water partition coefficient (Wildman–Crippen LogP) is 4.29. The Labute approximate surface area is 184 Å². The van der Waals surface area contributed by atoms with Crippen LogP contribution in [0.15, 0.2) is 53.7 Å². The van der Waals surface area contributed by atoms with Gasteiger partial charge >= 0.3 is 0 Å². The first-order valence-corrected chi connectivity index (χ1v) is 10.9. The number of anilines is 1. The minimum atomic E-state index is -0.445. The molecule has 0 bridgehead atoms. The molecule has 3 aromatic rings. The zero-order valence-corrected chi connectivity index (χ0v) is 18.2. The number of carbonyl (C=O) groups excluding carboxylic acids is 1. The molecule has 2 atom stereocenters. The molecule has 1 amide bonds. The van der Waals surface area contributed by atoms with Crippen LogP contribution in [0.4, 0.5) is 5.69 Å². The number of methoxy groups -OCH3 is 1. The number of hydrogen-bond donors (Lipinski definition) is 2. The Morgan fingerprint density at radius 2 is 1.93 bits per heavy atom. The molecular formula is C21H22ClN5O2S. The number of hydrogen-bond acceptors (Lipinski definition) is 6. The summed E-state index contributed by atoms with van der Waals surface area (Å²) >= 11 is 7.47. The fraction of sp³-hybridized carbons (Fsp3) is 0.286. The Hall–Kier alpha value is -2.71. The topological polar surface area (TPSA) is 81.1 Å². The van der Waals surface area contributed by atoms with Gasteiger partial charge in [0.15, 0.2) is 5.82 Å². The highest BCUT2D eigenvalue weighted by Gasteiger charge is 2.37. The standard InChI is InChI=1S/C21H22ClN5O2S/c1-3-4-17-24-25-21-27(17)26-18(13-5-7-14(22)8-6-13)19(30-21)20(28)23-15-9-11-16(29-2)12-10-15/h5-12,18-19,26H,3-4H2,1-2H3,(H,23,28)/t18-,19-/m0/s1. The van der Waals surface area contributed by atoms with Gasteiger partial charge in [-0.2, -0.15) is 0 Å². The second kappa shape index (κ2) is 8.97. The van der Waals surface area contributed by atoms with Crippen LogP contribution >= 0.6 is 23.4 Å². The van der Waals surface area contributed by atoms with Crippen LogP contribution in [0.2, 0.25) is 5.02 Å². The highest BCUT2D eigenvalue weighted by Crippen LogP contribution is 2.38. The summed E-state index contributed by atoms with van der Waals surface area (Å²) in [7, 11) is 1.61. The predicted molar refractivity (Wildman–Crippen MR) is 119 cm³/mol. The normalized spacial score (nSPS) is 17.7. The molecule has 0 radical (unpaired) electrons. The van der Waals surface area contributed by atoms with E-state index in [1.54, 1.807) is 7.11 Å². The molecule has 1 aliphatic heterocycles. The van der Waals surface area contributed by atoms with E-state index in [1.807, 2.05) is 53.2 Å². The molecule has 0 saturated heterocycles. The first-order chi connectivity index (χ1) is 14.6. The van der Waals surface area contributed by atoms with Crippen molar-refractivity contribution in [3.05, 3.63) is 64.9 Å². The molecule has 4 rings (SSSR count). The molecule has 1 aliphatic rings. The third-order valence-electron chi connectivity index (χ3n) is 4.82. The third-order valence-corrected chi connectivity index (χ3v) is 6.29. The summed E-state index contributed by atoms with van der Waals surface area (Å²) in [5.41, 5.74) is 5.11. The molecule has 2 N–H and O–H groups in total. The van der Waals surface area contributed by atoms with Gasteiger partial charge in [0.2, 0.25) is 11.1 Å². The Balaban J connectivity index is 1.63. The number of aromatic nitrogens is 3. The number of aryl methyl sites for hydroxylation is 1. The van der Waals surface area contributed by atoms with Gasteiger partial charge in [0.1, 0.15) is 11.0 Å². The van der Waals surface area contributed by atoms with Crippen molar-refractivity contribution in [2.45, 2.75) is 36.2 Å². The van der Waals surface area contributed by atoms with E-state index in [4.69, 9.17) is 16.3 Å². The number of ether oxygens (including phenoxy) is 1. The van der Waals surface area contributed by atoms with Crippen LogP contribution in [0.5, 0.6) is 5.75 Å². The van der Waals surface area contributed by atoms with Crippen molar-refractivity contribution in [3.63, 3.8) is 0 Å². The molecule has 9 heteroatoms. The zero-order valence-electron chi connectivity index (χ0n) is 16.6. The largest absolute Gasteiger partial charge is 0.497 e. The van der Waals surface area contributed by atoms with Crippen molar-refractivity contribution in [2.75, 3.05) is 17.9 Å². The van der Waals surface area contributed by atoms with E-state index in [9.17, 15) is 4.79 Å². The van der Waals surface area contributed by atoms with Crippen molar-refractivity contribution < 1.29 is 9.53 Å². The molecule has 0 fully saturated rings. The smallest absolute Gasteiger partial charge is 0.240 e. The lowest BCUT2D eigenvalue weighted by Crippen LogP contribution is -2.41. The molecule has 0 unspecified atom stereocenters. The number of amides is 1. The average Bonchev–Trinajstić information content (AvgIpc) is 3.16. The zero-order chi connectivity index (χ0) is 21.1. The number of nitrogens with zero attached hydrogens (tertiary/aromatic N) is 3. The number of rotatable bonds is 6. The Bertz CT molecular complexity index is 1020. The number of benzene rings is 2. The minimum Gasteiger partial charge on any atom is -0.497 e. The van der Waals surface area contributed by atoms with Crippen LogP contribution in [0.3, 0.4) is 0 Å². The molecule has 0 aliphatic carbocycles. The summed E-state index contributed by atoms with van der Waals surface area (Å²) < 4.78 is 7.07. The fourth-order valence-electron chi connectivity index (χ4n) is 3.29.